The van der Waals surface area contributed by atoms with Gasteiger partial charge < -0.3 is 0 Å². The van der Waals surface area contributed by atoms with Crippen LogP contribution in [0.4, 0.5) is 0 Å². The summed E-state index contributed by atoms with van der Waals surface area (Å²) in [4.78, 5) is 0. The Labute approximate surface area is 90.8 Å². The Morgan fingerprint density at radius 1 is 0.786 bits per heavy atom. The van der Waals surface area contributed by atoms with Gasteiger partial charge in [-0.2, -0.15) is 0 Å². The van der Waals surface area contributed by atoms with Crippen molar-refractivity contribution >= 4 is 11.5 Å². The van der Waals surface area contributed by atoms with Crippen LogP contribution in [0.15, 0.2) is 0 Å². The summed E-state index contributed by atoms with van der Waals surface area (Å²) in [6.07, 6.45) is 5.58. The molecule has 2 aliphatic heterocycles. The SMILES string of the molecule is CN(C)[S+](N1CCCC1)N1CCCC1. The van der Waals surface area contributed by atoms with Gasteiger partial charge in [-0.3, -0.25) is 0 Å². The second kappa shape index (κ2) is 4.84. The Hall–Kier alpha value is 0.230. The van der Waals surface area contributed by atoms with Gasteiger partial charge in [-0.1, -0.05) is 12.9 Å². The highest BCUT2D eigenvalue weighted by Gasteiger charge is 2.42. The van der Waals surface area contributed by atoms with Gasteiger partial charge in [0.05, 0.1) is 0 Å². The third kappa shape index (κ3) is 2.24. The highest BCUT2D eigenvalue weighted by atomic mass is 32.2. The van der Waals surface area contributed by atoms with Crippen LogP contribution in [0.25, 0.3) is 0 Å². The van der Waals surface area contributed by atoms with Gasteiger partial charge in [-0.25, -0.2) is 0 Å². The Bertz CT molecular complexity index is 158. The summed E-state index contributed by atoms with van der Waals surface area (Å²) in [5.74, 6) is 0. The quantitative estimate of drug-likeness (QED) is 0.654. The largest absolute Gasteiger partial charge is 0.267 e. The lowest BCUT2D eigenvalue weighted by Crippen LogP contribution is -2.48. The number of hydrogen-bond donors (Lipinski definition) is 0. The summed E-state index contributed by atoms with van der Waals surface area (Å²) in [5.41, 5.74) is 0. The molecule has 4 heteroatoms. The van der Waals surface area contributed by atoms with Gasteiger partial charge in [-0.15, -0.1) is 0 Å². The van der Waals surface area contributed by atoms with Gasteiger partial charge in [0.2, 0.25) is 0 Å². The standard InChI is InChI=1S/C10H22N3S/c1-11(2)14(12-7-3-4-8-12)13-9-5-6-10-13/h3-10H2,1-2H3/q+1. The maximum atomic E-state index is 2.66. The van der Waals surface area contributed by atoms with Crippen molar-refractivity contribution in [2.75, 3.05) is 40.3 Å². The molecule has 3 nitrogen and oxygen atoms in total. The molecule has 0 saturated carbocycles. The monoisotopic (exact) mass is 216 g/mol. The Morgan fingerprint density at radius 3 is 1.43 bits per heavy atom. The van der Waals surface area contributed by atoms with E-state index in [0.29, 0.717) is 0 Å². The van der Waals surface area contributed by atoms with E-state index < -0.39 is 0 Å². The zero-order valence-corrected chi connectivity index (χ0v) is 10.2. The third-order valence-corrected chi connectivity index (χ3v) is 5.23. The topological polar surface area (TPSA) is 9.72 Å². The molecule has 82 valence electrons. The molecular formula is C10H22N3S+. The first-order valence-electron chi connectivity index (χ1n) is 5.71. The molecule has 0 bridgehead atoms. The molecule has 0 aromatic carbocycles. The maximum Gasteiger partial charge on any atom is 0.267 e. The smallest absolute Gasteiger partial charge is 0.0942 e. The molecule has 14 heavy (non-hydrogen) atoms. The molecular weight excluding hydrogens is 194 g/mol. The third-order valence-electron chi connectivity index (χ3n) is 2.92. The van der Waals surface area contributed by atoms with E-state index in [9.17, 15) is 0 Å². The van der Waals surface area contributed by atoms with E-state index in [2.05, 4.69) is 27.0 Å². The van der Waals surface area contributed by atoms with Crippen molar-refractivity contribution in [3.05, 3.63) is 0 Å². The Kier molecular flexibility index (Phi) is 3.71. The van der Waals surface area contributed by atoms with E-state index >= 15 is 0 Å². The first kappa shape index (κ1) is 10.7. The van der Waals surface area contributed by atoms with Crippen LogP contribution in [0.5, 0.6) is 0 Å². The molecule has 2 heterocycles. The predicted molar refractivity (Wildman–Crippen MR) is 62.7 cm³/mol. The highest BCUT2D eigenvalue weighted by molar-refractivity contribution is 7.90. The minimum Gasteiger partial charge on any atom is -0.0942 e. The van der Waals surface area contributed by atoms with Crippen molar-refractivity contribution in [3.8, 4) is 0 Å². The van der Waals surface area contributed by atoms with Gasteiger partial charge in [0, 0.05) is 40.3 Å². The fourth-order valence-electron chi connectivity index (χ4n) is 2.33. The molecule has 2 saturated heterocycles. The van der Waals surface area contributed by atoms with E-state index in [4.69, 9.17) is 0 Å². The van der Waals surface area contributed by atoms with Crippen molar-refractivity contribution in [2.24, 2.45) is 0 Å². The maximum absolute atomic E-state index is 2.66. The molecule has 2 rings (SSSR count). The van der Waals surface area contributed by atoms with E-state index in [-0.39, 0.29) is 11.5 Å². The second-order valence-corrected chi connectivity index (χ2v) is 6.58. The molecule has 2 aliphatic rings. The minimum absolute atomic E-state index is 0.273. The van der Waals surface area contributed by atoms with Gasteiger partial charge >= 0.3 is 0 Å². The van der Waals surface area contributed by atoms with Gasteiger partial charge in [-0.05, 0) is 25.7 Å². The second-order valence-electron chi connectivity index (χ2n) is 4.33. The lowest BCUT2D eigenvalue weighted by molar-refractivity contribution is 0.439. The van der Waals surface area contributed by atoms with Crippen molar-refractivity contribution in [2.45, 2.75) is 25.7 Å². The van der Waals surface area contributed by atoms with Gasteiger partial charge in [0.25, 0.3) is 11.5 Å². The van der Waals surface area contributed by atoms with Crippen LogP contribution in [0, 0.1) is 0 Å². The summed E-state index contributed by atoms with van der Waals surface area (Å²) in [7, 11) is 4.44. The van der Waals surface area contributed by atoms with E-state index in [1.54, 1.807) is 0 Å². The molecule has 0 N–H and O–H groups in total. The number of rotatable bonds is 3. The van der Waals surface area contributed by atoms with Crippen molar-refractivity contribution in [1.29, 1.82) is 0 Å². The lowest BCUT2D eigenvalue weighted by Gasteiger charge is -2.25. The fraction of sp³-hybridized carbons (Fsp3) is 1.00. The zero-order chi connectivity index (χ0) is 9.97. The van der Waals surface area contributed by atoms with Crippen LogP contribution in [0.1, 0.15) is 25.7 Å². The summed E-state index contributed by atoms with van der Waals surface area (Å²) >= 11 is 0.273. The zero-order valence-electron chi connectivity index (χ0n) is 9.41. The van der Waals surface area contributed by atoms with Crippen LogP contribution in [0.3, 0.4) is 0 Å². The van der Waals surface area contributed by atoms with Crippen molar-refractivity contribution in [3.63, 3.8) is 0 Å². The van der Waals surface area contributed by atoms with Crippen LogP contribution in [-0.4, -0.2) is 53.2 Å². The molecule has 0 atom stereocenters. The molecule has 0 aromatic heterocycles. The van der Waals surface area contributed by atoms with Gasteiger partial charge in [0.1, 0.15) is 0 Å². The Morgan fingerprint density at radius 2 is 1.14 bits per heavy atom. The number of hydrogen-bond acceptors (Lipinski definition) is 3. The lowest BCUT2D eigenvalue weighted by atomic mass is 10.4. The summed E-state index contributed by atoms with van der Waals surface area (Å²) in [6.45, 7) is 5.21. The normalized spacial score (nSPS) is 25.7. The van der Waals surface area contributed by atoms with E-state index in [1.165, 1.54) is 51.9 Å². The molecule has 0 amide bonds. The molecule has 0 spiro atoms. The molecule has 0 radical (unpaired) electrons. The summed E-state index contributed by atoms with van der Waals surface area (Å²) < 4.78 is 7.72. The molecule has 2 fully saturated rings. The average Bonchev–Trinajstić information content (AvgIpc) is 2.75. The van der Waals surface area contributed by atoms with Crippen molar-refractivity contribution in [1.82, 2.24) is 12.9 Å². The summed E-state index contributed by atoms with van der Waals surface area (Å²) in [6, 6.07) is 0. The first-order chi connectivity index (χ1) is 6.79. The molecule has 0 aliphatic carbocycles. The molecule has 0 unspecified atom stereocenters. The van der Waals surface area contributed by atoms with Gasteiger partial charge in [0.15, 0.2) is 0 Å². The average molecular weight is 216 g/mol. The van der Waals surface area contributed by atoms with E-state index in [1.807, 2.05) is 0 Å². The number of nitrogens with zero attached hydrogens (tertiary/aromatic N) is 3. The fourth-order valence-corrected chi connectivity index (χ4v) is 4.75. The highest BCUT2D eigenvalue weighted by Crippen LogP contribution is 2.23. The Balaban J connectivity index is 1.98. The van der Waals surface area contributed by atoms with Crippen molar-refractivity contribution < 1.29 is 0 Å². The van der Waals surface area contributed by atoms with Crippen LogP contribution < -0.4 is 0 Å². The first-order valence-corrected chi connectivity index (χ1v) is 6.80. The minimum atomic E-state index is 0.273. The van der Waals surface area contributed by atoms with Crippen LogP contribution >= 0.6 is 0 Å². The predicted octanol–water partition coefficient (Wildman–Crippen LogP) is 1.10. The van der Waals surface area contributed by atoms with Crippen LogP contribution in [0.2, 0.25) is 0 Å². The molecule has 0 aromatic rings. The van der Waals surface area contributed by atoms with Crippen LogP contribution in [-0.2, 0) is 11.5 Å². The van der Waals surface area contributed by atoms with E-state index in [0.717, 1.165) is 0 Å². The summed E-state index contributed by atoms with van der Waals surface area (Å²) in [5, 5.41) is 0.